The summed E-state index contributed by atoms with van der Waals surface area (Å²) in [7, 11) is 0. The molecule has 9 heteroatoms. The minimum Gasteiger partial charge on any atom is -0.447 e. The van der Waals surface area contributed by atoms with Crippen LogP contribution in [0.4, 0.5) is 33.6 Å². The molecule has 1 saturated heterocycles. The van der Waals surface area contributed by atoms with E-state index in [1.165, 1.54) is 6.08 Å². The lowest BCUT2D eigenvalue weighted by atomic mass is 10.0. The van der Waals surface area contributed by atoms with E-state index in [0.29, 0.717) is 24.1 Å². The summed E-state index contributed by atoms with van der Waals surface area (Å²) in [6.07, 6.45) is 2.49. The first-order chi connectivity index (χ1) is 17.3. The lowest BCUT2D eigenvalue weighted by molar-refractivity contribution is -0.111. The van der Waals surface area contributed by atoms with Gasteiger partial charge in [0.25, 0.3) is 0 Å². The molecule has 0 saturated carbocycles. The third-order valence-corrected chi connectivity index (χ3v) is 5.95. The van der Waals surface area contributed by atoms with Crippen molar-refractivity contribution in [2.45, 2.75) is 32.9 Å². The van der Waals surface area contributed by atoms with Gasteiger partial charge in [0.05, 0.1) is 12.1 Å². The average molecular weight is 487 g/mol. The Hall–Kier alpha value is -4.40. The van der Waals surface area contributed by atoms with Crippen LogP contribution < -0.4 is 20.9 Å². The van der Waals surface area contributed by atoms with Crippen LogP contribution in [0.15, 0.2) is 73.4 Å². The monoisotopic (exact) mass is 486 g/mol. The number of hydrogen-bond acceptors (Lipinski definition) is 7. The Kier molecular flexibility index (Phi) is 7.48. The standard InChI is InChI=1S/C27H30N6O3/c1-5-25(34)31-22-12-10-21(11-13-22)30-20-8-6-19(7-9-20)18(4)29-26-28-15-14-24(32-26)33-23(17(2)3)16-36-27(33)35/h5-15,17-18,23,30H,1,16H2,2-4H3,(H,31,34)(H,28,29,32)/t18-,23?/m0/s1. The molecule has 2 atom stereocenters. The molecule has 1 aromatic heterocycles. The molecule has 2 heterocycles. The van der Waals surface area contributed by atoms with Gasteiger partial charge in [-0.15, -0.1) is 0 Å². The fraction of sp³-hybridized carbons (Fsp3) is 0.259. The zero-order valence-electron chi connectivity index (χ0n) is 20.6. The zero-order chi connectivity index (χ0) is 25.7. The molecule has 9 nitrogen and oxygen atoms in total. The molecular formula is C27H30N6O3. The molecule has 1 unspecified atom stereocenters. The van der Waals surface area contributed by atoms with Gasteiger partial charge in [0.15, 0.2) is 0 Å². The quantitative estimate of drug-likeness (QED) is 0.343. The van der Waals surface area contributed by atoms with Gasteiger partial charge in [0.2, 0.25) is 11.9 Å². The number of cyclic esters (lactones) is 1. The Morgan fingerprint density at radius 1 is 1.06 bits per heavy atom. The fourth-order valence-corrected chi connectivity index (χ4v) is 3.87. The number of amides is 2. The first-order valence-corrected chi connectivity index (χ1v) is 11.8. The highest BCUT2D eigenvalue weighted by Gasteiger charge is 2.37. The van der Waals surface area contributed by atoms with Crippen LogP contribution in [0.2, 0.25) is 0 Å². The van der Waals surface area contributed by atoms with Crippen LogP contribution in [-0.4, -0.2) is 34.6 Å². The van der Waals surface area contributed by atoms with Crippen molar-refractivity contribution < 1.29 is 14.3 Å². The maximum Gasteiger partial charge on any atom is 0.415 e. The molecule has 186 valence electrons. The third-order valence-electron chi connectivity index (χ3n) is 5.95. The molecule has 3 aromatic rings. The van der Waals surface area contributed by atoms with E-state index in [4.69, 9.17) is 4.74 Å². The highest BCUT2D eigenvalue weighted by Crippen LogP contribution is 2.27. The normalized spacial score (nSPS) is 15.8. The summed E-state index contributed by atoms with van der Waals surface area (Å²) in [5.74, 6) is 0.956. The topological polar surface area (TPSA) is 108 Å². The van der Waals surface area contributed by atoms with Crippen LogP contribution >= 0.6 is 0 Å². The largest absolute Gasteiger partial charge is 0.447 e. The number of carbonyl (C=O) groups is 2. The first kappa shape index (κ1) is 24.7. The van der Waals surface area contributed by atoms with E-state index in [2.05, 4.69) is 46.3 Å². The molecule has 36 heavy (non-hydrogen) atoms. The van der Waals surface area contributed by atoms with Crippen LogP contribution in [0.5, 0.6) is 0 Å². The SMILES string of the molecule is C=CC(=O)Nc1ccc(Nc2ccc([C@H](C)Nc3nccc(N4C(=O)OCC4C(C)C)n3)cc2)cc1. The molecule has 1 aliphatic rings. The summed E-state index contributed by atoms with van der Waals surface area (Å²) in [6, 6.07) is 17.1. The Balaban J connectivity index is 1.39. The third kappa shape index (κ3) is 5.80. The van der Waals surface area contributed by atoms with Crippen molar-refractivity contribution >= 4 is 40.8 Å². The van der Waals surface area contributed by atoms with Gasteiger partial charge in [-0.05, 0) is 66.9 Å². The summed E-state index contributed by atoms with van der Waals surface area (Å²) >= 11 is 0. The average Bonchev–Trinajstić information content (AvgIpc) is 3.27. The zero-order valence-corrected chi connectivity index (χ0v) is 20.6. The van der Waals surface area contributed by atoms with E-state index in [9.17, 15) is 9.59 Å². The first-order valence-electron chi connectivity index (χ1n) is 11.8. The van der Waals surface area contributed by atoms with Crippen molar-refractivity contribution in [2.75, 3.05) is 27.5 Å². The Labute approximate surface area is 210 Å². The summed E-state index contributed by atoms with van der Waals surface area (Å²) in [5, 5.41) is 9.38. The minimum absolute atomic E-state index is 0.0557. The second kappa shape index (κ2) is 10.9. The minimum atomic E-state index is -0.384. The van der Waals surface area contributed by atoms with Crippen molar-refractivity contribution in [2.24, 2.45) is 5.92 Å². The number of hydrogen-bond donors (Lipinski definition) is 3. The van der Waals surface area contributed by atoms with Gasteiger partial charge in [-0.2, -0.15) is 4.98 Å². The maximum absolute atomic E-state index is 12.3. The molecule has 2 aromatic carbocycles. The summed E-state index contributed by atoms with van der Waals surface area (Å²) < 4.78 is 5.24. The predicted molar refractivity (Wildman–Crippen MR) is 142 cm³/mol. The number of nitrogens with zero attached hydrogens (tertiary/aromatic N) is 3. The summed E-state index contributed by atoms with van der Waals surface area (Å²) in [5.41, 5.74) is 3.58. The lowest BCUT2D eigenvalue weighted by Gasteiger charge is -2.23. The number of ether oxygens (including phenoxy) is 1. The van der Waals surface area contributed by atoms with Crippen molar-refractivity contribution in [1.29, 1.82) is 0 Å². The Morgan fingerprint density at radius 3 is 2.33 bits per heavy atom. The van der Waals surface area contributed by atoms with Crippen molar-refractivity contribution in [3.05, 3.63) is 79.0 Å². The molecule has 0 aliphatic carbocycles. The van der Waals surface area contributed by atoms with Crippen molar-refractivity contribution in [3.63, 3.8) is 0 Å². The van der Waals surface area contributed by atoms with E-state index in [1.54, 1.807) is 17.2 Å². The number of rotatable bonds is 9. The number of carbonyl (C=O) groups excluding carboxylic acids is 2. The number of aromatic nitrogens is 2. The molecule has 0 radical (unpaired) electrons. The molecule has 1 aliphatic heterocycles. The fourth-order valence-electron chi connectivity index (χ4n) is 3.87. The second-order valence-corrected chi connectivity index (χ2v) is 8.88. The van der Waals surface area contributed by atoms with Gasteiger partial charge < -0.3 is 20.7 Å². The van der Waals surface area contributed by atoms with Crippen LogP contribution in [0.1, 0.15) is 32.4 Å². The second-order valence-electron chi connectivity index (χ2n) is 8.88. The predicted octanol–water partition coefficient (Wildman–Crippen LogP) is 5.50. The Morgan fingerprint density at radius 2 is 1.69 bits per heavy atom. The van der Waals surface area contributed by atoms with Gasteiger partial charge in [0, 0.05) is 23.3 Å². The van der Waals surface area contributed by atoms with Gasteiger partial charge in [0.1, 0.15) is 12.4 Å². The van der Waals surface area contributed by atoms with E-state index in [-0.39, 0.29) is 30.0 Å². The Bertz CT molecular complexity index is 1230. The molecule has 0 spiro atoms. The smallest absolute Gasteiger partial charge is 0.415 e. The van der Waals surface area contributed by atoms with Gasteiger partial charge in [-0.3, -0.25) is 9.69 Å². The van der Waals surface area contributed by atoms with E-state index in [0.717, 1.165) is 16.9 Å². The van der Waals surface area contributed by atoms with E-state index < -0.39 is 0 Å². The highest BCUT2D eigenvalue weighted by molar-refractivity contribution is 5.99. The van der Waals surface area contributed by atoms with Crippen LogP contribution in [0.25, 0.3) is 0 Å². The van der Waals surface area contributed by atoms with E-state index >= 15 is 0 Å². The van der Waals surface area contributed by atoms with Crippen LogP contribution in [0, 0.1) is 5.92 Å². The molecule has 4 rings (SSSR count). The summed E-state index contributed by atoms with van der Waals surface area (Å²) in [6.45, 7) is 9.94. The van der Waals surface area contributed by atoms with Gasteiger partial charge in [-0.25, -0.2) is 9.78 Å². The lowest BCUT2D eigenvalue weighted by Crippen LogP contribution is -2.37. The summed E-state index contributed by atoms with van der Waals surface area (Å²) in [4.78, 5) is 34.2. The van der Waals surface area contributed by atoms with E-state index in [1.807, 2.05) is 55.5 Å². The molecule has 0 bridgehead atoms. The molecule has 1 fully saturated rings. The van der Waals surface area contributed by atoms with Crippen LogP contribution in [0.3, 0.4) is 0 Å². The van der Waals surface area contributed by atoms with Gasteiger partial charge >= 0.3 is 6.09 Å². The van der Waals surface area contributed by atoms with Crippen molar-refractivity contribution in [3.8, 4) is 0 Å². The molecular weight excluding hydrogens is 456 g/mol. The van der Waals surface area contributed by atoms with Crippen LogP contribution in [-0.2, 0) is 9.53 Å². The number of anilines is 5. The van der Waals surface area contributed by atoms with Gasteiger partial charge in [-0.1, -0.05) is 32.6 Å². The number of benzene rings is 2. The van der Waals surface area contributed by atoms with Crippen molar-refractivity contribution in [1.82, 2.24) is 9.97 Å². The molecule has 3 N–H and O–H groups in total. The number of nitrogens with one attached hydrogen (secondary N) is 3. The molecule has 2 amide bonds. The highest BCUT2D eigenvalue weighted by atomic mass is 16.6. The maximum atomic E-state index is 12.3.